The number of nitrogens with zero attached hydrogens (tertiary/aromatic N) is 3. The fourth-order valence-electron chi connectivity index (χ4n) is 4.52. The Hall–Kier alpha value is -2.94. The third-order valence-electron chi connectivity index (χ3n) is 5.93. The summed E-state index contributed by atoms with van der Waals surface area (Å²) in [5.74, 6) is 0.772. The van der Waals surface area contributed by atoms with Gasteiger partial charge in [-0.25, -0.2) is 4.98 Å². The average Bonchev–Trinajstić information content (AvgIpc) is 3.19. The maximum absolute atomic E-state index is 11.8. The molecular formula is C26H33N5O2S. The topological polar surface area (TPSA) is 69.7 Å². The number of rotatable bonds is 7. The molecular weight excluding hydrogens is 446 g/mol. The Labute approximate surface area is 205 Å². The van der Waals surface area contributed by atoms with Crippen LogP contribution in [0.5, 0.6) is 0 Å². The predicted molar refractivity (Wildman–Crippen MR) is 139 cm³/mol. The number of carbonyl (C=O) groups excluding carboxylic acids is 1. The number of carbonyl (C=O) groups is 1. The molecule has 4 rings (SSSR count). The maximum atomic E-state index is 11.8. The Morgan fingerprint density at radius 3 is 2.76 bits per heavy atom. The molecule has 3 unspecified atom stereocenters. The van der Waals surface area contributed by atoms with Gasteiger partial charge in [0, 0.05) is 43.4 Å². The second kappa shape index (κ2) is 10.5. The van der Waals surface area contributed by atoms with E-state index in [9.17, 15) is 4.79 Å². The number of morpholine rings is 1. The van der Waals surface area contributed by atoms with E-state index >= 15 is 0 Å². The highest BCUT2D eigenvalue weighted by atomic mass is 32.1. The molecule has 1 fully saturated rings. The summed E-state index contributed by atoms with van der Waals surface area (Å²) in [6, 6.07) is 7.97. The lowest BCUT2D eigenvalue weighted by atomic mass is 9.98. The molecule has 180 valence electrons. The number of hydrogen-bond acceptors (Lipinski definition) is 7. The van der Waals surface area contributed by atoms with Crippen LogP contribution in [0.2, 0.25) is 0 Å². The molecule has 2 aliphatic rings. The van der Waals surface area contributed by atoms with Crippen LogP contribution in [0.15, 0.2) is 66.7 Å². The Morgan fingerprint density at radius 1 is 1.32 bits per heavy atom. The van der Waals surface area contributed by atoms with Crippen molar-refractivity contribution in [3.63, 3.8) is 0 Å². The fraction of sp³-hybridized carbons (Fsp3) is 0.385. The lowest BCUT2D eigenvalue weighted by Gasteiger charge is -2.38. The van der Waals surface area contributed by atoms with Crippen molar-refractivity contribution in [1.29, 1.82) is 0 Å². The van der Waals surface area contributed by atoms with Gasteiger partial charge < -0.3 is 20.3 Å². The van der Waals surface area contributed by atoms with Crippen molar-refractivity contribution in [1.82, 2.24) is 14.8 Å². The molecule has 1 aromatic heterocycles. The summed E-state index contributed by atoms with van der Waals surface area (Å²) in [6.07, 6.45) is 8.11. The van der Waals surface area contributed by atoms with Gasteiger partial charge in [-0.3, -0.25) is 9.69 Å². The monoisotopic (exact) mass is 479 g/mol. The number of ether oxygens (including phenoxy) is 1. The van der Waals surface area contributed by atoms with Gasteiger partial charge >= 0.3 is 0 Å². The molecule has 1 aromatic carbocycles. The zero-order valence-corrected chi connectivity index (χ0v) is 21.1. The van der Waals surface area contributed by atoms with Gasteiger partial charge in [0.2, 0.25) is 5.91 Å². The van der Waals surface area contributed by atoms with Crippen LogP contribution in [0.1, 0.15) is 30.3 Å². The molecule has 2 N–H and O–H groups in total. The van der Waals surface area contributed by atoms with Gasteiger partial charge in [-0.05, 0) is 56.2 Å². The molecule has 2 aromatic rings. The van der Waals surface area contributed by atoms with Gasteiger partial charge in [-0.15, -0.1) is 11.3 Å². The summed E-state index contributed by atoms with van der Waals surface area (Å²) in [4.78, 5) is 22.1. The molecule has 7 nitrogen and oxygen atoms in total. The van der Waals surface area contributed by atoms with E-state index in [4.69, 9.17) is 4.74 Å². The number of aryl methyl sites for hydroxylation is 1. The van der Waals surface area contributed by atoms with Gasteiger partial charge in [0.1, 0.15) is 5.82 Å². The van der Waals surface area contributed by atoms with E-state index in [0.717, 1.165) is 46.7 Å². The predicted octanol–water partition coefficient (Wildman–Crippen LogP) is 4.55. The Bertz CT molecular complexity index is 1100. The minimum absolute atomic E-state index is 0.0000276. The van der Waals surface area contributed by atoms with Gasteiger partial charge in [0.05, 0.1) is 18.2 Å². The molecule has 0 saturated carbocycles. The van der Waals surface area contributed by atoms with E-state index in [-0.39, 0.29) is 24.2 Å². The van der Waals surface area contributed by atoms with Crippen molar-refractivity contribution in [3.05, 3.63) is 77.1 Å². The third-order valence-corrected chi connectivity index (χ3v) is 6.76. The smallest absolute Gasteiger partial charge is 0.247 e. The van der Waals surface area contributed by atoms with Crippen molar-refractivity contribution < 1.29 is 9.53 Å². The van der Waals surface area contributed by atoms with Crippen LogP contribution in [0.3, 0.4) is 0 Å². The van der Waals surface area contributed by atoms with Crippen LogP contribution in [-0.4, -0.2) is 59.6 Å². The van der Waals surface area contributed by atoms with Crippen LogP contribution in [-0.2, 0) is 9.53 Å². The van der Waals surface area contributed by atoms with Crippen molar-refractivity contribution in [2.75, 3.05) is 37.3 Å². The van der Waals surface area contributed by atoms with Crippen LogP contribution in [0.25, 0.3) is 0 Å². The second-order valence-corrected chi connectivity index (χ2v) is 10.2. The van der Waals surface area contributed by atoms with Crippen LogP contribution >= 0.6 is 11.3 Å². The Kier molecular flexibility index (Phi) is 7.50. The van der Waals surface area contributed by atoms with Crippen LogP contribution in [0.4, 0.5) is 10.8 Å². The van der Waals surface area contributed by atoms with Gasteiger partial charge in [-0.1, -0.05) is 24.8 Å². The number of benzene rings is 1. The summed E-state index contributed by atoms with van der Waals surface area (Å²) < 4.78 is 5.92. The van der Waals surface area contributed by atoms with Crippen molar-refractivity contribution in [2.24, 2.45) is 0 Å². The van der Waals surface area contributed by atoms with E-state index in [2.05, 4.69) is 78.0 Å². The number of likely N-dealkylation sites (N-methyl/N-ethyl adjacent to an activating group) is 1. The maximum Gasteiger partial charge on any atom is 0.247 e. The zero-order chi connectivity index (χ0) is 24.2. The molecule has 0 radical (unpaired) electrons. The molecule has 34 heavy (non-hydrogen) atoms. The molecule has 0 aliphatic carbocycles. The first kappa shape index (κ1) is 24.2. The quantitative estimate of drug-likeness (QED) is 0.568. The summed E-state index contributed by atoms with van der Waals surface area (Å²) in [7, 11) is 2.07. The number of anilines is 2. The normalized spacial score (nSPS) is 23.2. The SMILES string of the molecule is C=CC(=O)Nc1cccc(C2C=C(CN3CC(C)OC(C)C3)C=C(Nc3ncc(C)s3)N2C)c1. The van der Waals surface area contributed by atoms with E-state index in [1.54, 1.807) is 11.3 Å². The van der Waals surface area contributed by atoms with E-state index in [1.165, 1.54) is 11.6 Å². The first-order valence-corrected chi connectivity index (χ1v) is 12.4. The highest BCUT2D eigenvalue weighted by molar-refractivity contribution is 7.15. The zero-order valence-electron chi connectivity index (χ0n) is 20.2. The van der Waals surface area contributed by atoms with Gasteiger partial charge in [0.15, 0.2) is 5.13 Å². The molecule has 8 heteroatoms. The first-order chi connectivity index (χ1) is 16.3. The highest BCUT2D eigenvalue weighted by Crippen LogP contribution is 2.33. The van der Waals surface area contributed by atoms with Crippen LogP contribution < -0.4 is 10.6 Å². The molecule has 0 bridgehead atoms. The average molecular weight is 480 g/mol. The van der Waals surface area contributed by atoms with Crippen LogP contribution in [0, 0.1) is 6.92 Å². The number of hydrogen-bond donors (Lipinski definition) is 2. The largest absolute Gasteiger partial charge is 0.373 e. The number of amides is 1. The van der Waals surface area contributed by atoms with E-state index in [0.29, 0.717) is 0 Å². The molecule has 3 heterocycles. The second-order valence-electron chi connectivity index (χ2n) is 9.00. The molecule has 1 amide bonds. The van der Waals surface area contributed by atoms with E-state index < -0.39 is 0 Å². The number of aromatic nitrogens is 1. The Morgan fingerprint density at radius 2 is 2.09 bits per heavy atom. The first-order valence-electron chi connectivity index (χ1n) is 11.6. The summed E-state index contributed by atoms with van der Waals surface area (Å²) in [5, 5.41) is 7.26. The minimum atomic E-state index is -0.220. The standard InChI is InChI=1S/C26H33N5O2S/c1-6-25(32)28-22-9-7-8-21(12-22)23-10-20(16-31-14-17(2)33-18(3)15-31)11-24(30(23)5)29-26-27-13-19(4)34-26/h6-13,17-18,23H,1,14-16H2,2-5H3,(H,27,29)(H,28,32). The number of thiazole rings is 1. The summed E-state index contributed by atoms with van der Waals surface area (Å²) in [5.41, 5.74) is 3.08. The highest BCUT2D eigenvalue weighted by Gasteiger charge is 2.27. The lowest BCUT2D eigenvalue weighted by Crippen LogP contribution is -2.46. The van der Waals surface area contributed by atoms with Gasteiger partial charge in [0.25, 0.3) is 0 Å². The molecule has 1 saturated heterocycles. The third kappa shape index (κ3) is 5.94. The van der Waals surface area contributed by atoms with Crippen molar-refractivity contribution >= 4 is 28.1 Å². The molecule has 3 atom stereocenters. The summed E-state index contributed by atoms with van der Waals surface area (Å²) >= 11 is 1.64. The lowest BCUT2D eigenvalue weighted by molar-refractivity contribution is -0.111. The summed E-state index contributed by atoms with van der Waals surface area (Å²) in [6.45, 7) is 12.5. The molecule has 0 spiro atoms. The Balaban J connectivity index is 1.63. The van der Waals surface area contributed by atoms with E-state index in [1.807, 2.05) is 24.4 Å². The molecule has 2 aliphatic heterocycles. The van der Waals surface area contributed by atoms with Crippen molar-refractivity contribution in [3.8, 4) is 0 Å². The number of nitrogens with one attached hydrogen (secondary N) is 2. The van der Waals surface area contributed by atoms with Gasteiger partial charge in [-0.2, -0.15) is 0 Å². The van der Waals surface area contributed by atoms with Crippen molar-refractivity contribution in [2.45, 2.75) is 39.0 Å². The fourth-order valence-corrected chi connectivity index (χ4v) is 5.19. The minimum Gasteiger partial charge on any atom is -0.373 e.